The van der Waals surface area contributed by atoms with Crippen molar-refractivity contribution >= 4 is 35.8 Å². The molecule has 1 N–H and O–H groups in total. The second-order valence-corrected chi connectivity index (χ2v) is 9.96. The fourth-order valence-electron chi connectivity index (χ4n) is 1.83. The van der Waals surface area contributed by atoms with E-state index in [0.717, 1.165) is 0 Å². The summed E-state index contributed by atoms with van der Waals surface area (Å²) in [5, 5.41) is -0.0316. The van der Waals surface area contributed by atoms with Gasteiger partial charge in [0, 0.05) is 11.4 Å². The predicted octanol–water partition coefficient (Wildman–Crippen LogP) is 0.903. The van der Waals surface area contributed by atoms with E-state index in [2.05, 4.69) is 20.7 Å². The van der Waals surface area contributed by atoms with Crippen LogP contribution in [0.25, 0.3) is 0 Å². The zero-order valence-corrected chi connectivity index (χ0v) is 13.8. The van der Waals surface area contributed by atoms with Crippen LogP contribution in [0.1, 0.15) is 26.7 Å². The van der Waals surface area contributed by atoms with Crippen LogP contribution in [0.3, 0.4) is 0 Å². The Hall–Kier alpha value is 0.340. The second-order valence-electron chi connectivity index (χ2n) is 5.02. The molecule has 1 atom stereocenters. The van der Waals surface area contributed by atoms with Gasteiger partial charge in [-0.1, -0.05) is 29.8 Å². The maximum Gasteiger partial charge on any atom is 0.214 e. The summed E-state index contributed by atoms with van der Waals surface area (Å²) in [5.74, 6) is 0.129. The fraction of sp³-hybridized carbons (Fsp3) is 1.00. The number of rotatable bonds is 5. The normalized spacial score (nSPS) is 23.1. The molecule has 0 aromatic carbocycles. The van der Waals surface area contributed by atoms with Gasteiger partial charge in [-0.15, -0.1) is 0 Å². The molecule has 18 heavy (non-hydrogen) atoms. The van der Waals surface area contributed by atoms with Gasteiger partial charge in [0.15, 0.2) is 0 Å². The molecule has 0 aromatic rings. The van der Waals surface area contributed by atoms with E-state index in [1.165, 1.54) is 0 Å². The summed E-state index contributed by atoms with van der Waals surface area (Å²) < 4.78 is 49.5. The first kappa shape index (κ1) is 16.4. The molecule has 8 heteroatoms. The summed E-state index contributed by atoms with van der Waals surface area (Å²) in [4.78, 5) is 0. The van der Waals surface area contributed by atoms with E-state index in [1.54, 1.807) is 0 Å². The van der Waals surface area contributed by atoms with Gasteiger partial charge in [-0.05, 0) is 18.8 Å². The average molecular weight is 362 g/mol. The molecule has 5 nitrogen and oxygen atoms in total. The lowest BCUT2D eigenvalue weighted by Crippen LogP contribution is -2.46. The minimum atomic E-state index is -3.43. The summed E-state index contributed by atoms with van der Waals surface area (Å²) in [6.45, 7) is 3.89. The average Bonchev–Trinajstić information content (AvgIpc) is 2.25. The number of sulfone groups is 1. The monoisotopic (exact) mass is 361 g/mol. The van der Waals surface area contributed by atoms with E-state index in [9.17, 15) is 16.8 Å². The van der Waals surface area contributed by atoms with Gasteiger partial charge >= 0.3 is 0 Å². The molecular formula is C10H20BrNO4S2. The molecule has 0 aromatic heterocycles. The van der Waals surface area contributed by atoms with Crippen LogP contribution in [0.2, 0.25) is 0 Å². The second kappa shape index (κ2) is 6.19. The van der Waals surface area contributed by atoms with Crippen molar-refractivity contribution in [2.45, 2.75) is 38.0 Å². The topological polar surface area (TPSA) is 80.3 Å². The fourth-order valence-corrected chi connectivity index (χ4v) is 6.57. The Morgan fingerprint density at radius 2 is 1.78 bits per heavy atom. The van der Waals surface area contributed by atoms with Crippen molar-refractivity contribution in [3.8, 4) is 0 Å². The number of alkyl halides is 1. The van der Waals surface area contributed by atoms with E-state index < -0.39 is 25.1 Å². The quantitative estimate of drug-likeness (QED) is 0.737. The third kappa shape index (κ3) is 4.47. The van der Waals surface area contributed by atoms with Crippen molar-refractivity contribution < 1.29 is 16.8 Å². The van der Waals surface area contributed by atoms with Crippen molar-refractivity contribution in [2.24, 2.45) is 5.92 Å². The van der Waals surface area contributed by atoms with Gasteiger partial charge in [0.1, 0.15) is 9.84 Å². The Morgan fingerprint density at radius 3 is 2.17 bits per heavy atom. The van der Waals surface area contributed by atoms with Gasteiger partial charge in [0.05, 0.1) is 16.8 Å². The van der Waals surface area contributed by atoms with Crippen LogP contribution in [-0.4, -0.2) is 45.0 Å². The molecule has 0 radical (unpaired) electrons. The van der Waals surface area contributed by atoms with Crippen LogP contribution < -0.4 is 4.72 Å². The molecule has 1 unspecified atom stereocenters. The highest BCUT2D eigenvalue weighted by Crippen LogP contribution is 2.20. The van der Waals surface area contributed by atoms with E-state index in [-0.39, 0.29) is 36.3 Å². The number of nitrogens with one attached hydrogen (secondary N) is 1. The number of sulfonamides is 1. The minimum absolute atomic E-state index is 0.0285. The van der Waals surface area contributed by atoms with Crippen LogP contribution in [0.15, 0.2) is 0 Å². The Bertz CT molecular complexity index is 458. The highest BCUT2D eigenvalue weighted by atomic mass is 79.9. The van der Waals surface area contributed by atoms with E-state index in [1.807, 2.05) is 13.8 Å². The molecule has 0 spiro atoms. The molecule has 0 amide bonds. The van der Waals surface area contributed by atoms with Gasteiger partial charge in [0.25, 0.3) is 0 Å². The van der Waals surface area contributed by atoms with Crippen molar-refractivity contribution in [1.29, 1.82) is 0 Å². The summed E-state index contributed by atoms with van der Waals surface area (Å²) >= 11 is 3.29. The zero-order chi connectivity index (χ0) is 14.0. The summed E-state index contributed by atoms with van der Waals surface area (Å²) in [5.41, 5.74) is 0. The number of halogens is 1. The predicted molar refractivity (Wildman–Crippen MR) is 76.2 cm³/mol. The van der Waals surface area contributed by atoms with Crippen LogP contribution in [-0.2, 0) is 19.9 Å². The maximum atomic E-state index is 12.1. The van der Waals surface area contributed by atoms with Crippen LogP contribution in [0.4, 0.5) is 0 Å². The molecule has 1 rings (SSSR count). The summed E-state index contributed by atoms with van der Waals surface area (Å²) in [6.07, 6.45) is 0.398. The molecular weight excluding hydrogens is 342 g/mol. The largest absolute Gasteiger partial charge is 0.229 e. The Morgan fingerprint density at radius 1 is 1.28 bits per heavy atom. The lowest BCUT2D eigenvalue weighted by molar-refractivity contribution is 0.474. The van der Waals surface area contributed by atoms with Crippen LogP contribution >= 0.6 is 15.9 Å². The highest BCUT2D eigenvalue weighted by molar-refractivity contribution is 9.09. The first-order valence-electron chi connectivity index (χ1n) is 5.95. The van der Waals surface area contributed by atoms with E-state index in [4.69, 9.17) is 0 Å². The third-order valence-electron chi connectivity index (χ3n) is 3.23. The highest BCUT2D eigenvalue weighted by Gasteiger charge is 2.34. The van der Waals surface area contributed by atoms with Crippen LogP contribution in [0.5, 0.6) is 0 Å². The van der Waals surface area contributed by atoms with Crippen molar-refractivity contribution in [3.63, 3.8) is 0 Å². The van der Waals surface area contributed by atoms with Gasteiger partial charge < -0.3 is 0 Å². The lowest BCUT2D eigenvalue weighted by Gasteiger charge is -2.26. The Balaban J connectivity index is 2.70. The van der Waals surface area contributed by atoms with Crippen molar-refractivity contribution in [3.05, 3.63) is 0 Å². The van der Waals surface area contributed by atoms with E-state index in [0.29, 0.717) is 5.33 Å². The van der Waals surface area contributed by atoms with Gasteiger partial charge in [0.2, 0.25) is 10.0 Å². The standard InChI is InChI=1S/C10H20BrNO4S2/c1-8(2)10(7-11)12-18(15,16)9-3-5-17(13,14)6-4-9/h8-10,12H,3-7H2,1-2H3. The molecule has 1 heterocycles. The number of hydrogen-bond donors (Lipinski definition) is 1. The van der Waals surface area contributed by atoms with E-state index >= 15 is 0 Å². The molecule has 1 aliphatic heterocycles. The smallest absolute Gasteiger partial charge is 0.214 e. The first-order valence-corrected chi connectivity index (χ1v) is 10.4. The maximum absolute atomic E-state index is 12.1. The molecule has 1 saturated heterocycles. The van der Waals surface area contributed by atoms with Crippen LogP contribution in [0, 0.1) is 5.92 Å². The Kier molecular flexibility index (Phi) is 5.64. The summed E-state index contributed by atoms with van der Waals surface area (Å²) in [6, 6.07) is -0.159. The van der Waals surface area contributed by atoms with Crippen molar-refractivity contribution in [1.82, 2.24) is 4.72 Å². The third-order valence-corrected chi connectivity index (χ3v) is 7.62. The summed E-state index contributed by atoms with van der Waals surface area (Å²) in [7, 11) is -6.46. The molecule has 0 bridgehead atoms. The number of hydrogen-bond acceptors (Lipinski definition) is 4. The van der Waals surface area contributed by atoms with Crippen molar-refractivity contribution in [2.75, 3.05) is 16.8 Å². The molecule has 0 aliphatic carbocycles. The molecule has 108 valence electrons. The first-order chi connectivity index (χ1) is 8.18. The van der Waals surface area contributed by atoms with Gasteiger partial charge in [-0.25, -0.2) is 21.6 Å². The van der Waals surface area contributed by atoms with Gasteiger partial charge in [-0.2, -0.15) is 0 Å². The molecule has 0 saturated carbocycles. The minimum Gasteiger partial charge on any atom is -0.229 e. The molecule has 1 aliphatic rings. The lowest BCUT2D eigenvalue weighted by atomic mass is 10.1. The molecule has 1 fully saturated rings. The SMILES string of the molecule is CC(C)C(CBr)NS(=O)(=O)C1CCS(=O)(=O)CC1. The Labute approximate surface area is 118 Å². The zero-order valence-electron chi connectivity index (χ0n) is 10.6. The van der Waals surface area contributed by atoms with Gasteiger partial charge in [-0.3, -0.25) is 0 Å².